The third-order valence-electron chi connectivity index (χ3n) is 3.71. The standard InChI is InChI=1S/C16H16F3N3O6/c1-27-10-5-7-9(6-11(10)28-2)21-15(16(17,18)19)22-13(7)20-8(14(25)26)3-4-12(23)24/h5-6,8H,3-4H2,1-2H3,(H,23,24)(H,25,26)(H,20,21,22). The van der Waals surface area contributed by atoms with Gasteiger partial charge in [-0.3, -0.25) is 4.79 Å². The number of carboxylic acid groups (broad SMARTS) is 2. The van der Waals surface area contributed by atoms with Crippen molar-refractivity contribution in [3.63, 3.8) is 0 Å². The number of ether oxygens (including phenoxy) is 2. The summed E-state index contributed by atoms with van der Waals surface area (Å²) in [4.78, 5) is 29.0. The van der Waals surface area contributed by atoms with Crippen LogP contribution in [0.25, 0.3) is 10.9 Å². The molecule has 2 rings (SSSR count). The predicted octanol–water partition coefficient (Wildman–Crippen LogP) is 2.40. The van der Waals surface area contributed by atoms with Crippen LogP contribution < -0.4 is 14.8 Å². The van der Waals surface area contributed by atoms with Gasteiger partial charge in [0.25, 0.3) is 0 Å². The lowest BCUT2D eigenvalue weighted by molar-refractivity contribution is -0.144. The van der Waals surface area contributed by atoms with Crippen molar-refractivity contribution in [2.45, 2.75) is 25.1 Å². The molecule has 0 fully saturated rings. The Morgan fingerprint density at radius 3 is 2.25 bits per heavy atom. The zero-order valence-corrected chi connectivity index (χ0v) is 14.7. The zero-order valence-electron chi connectivity index (χ0n) is 14.7. The number of halogens is 3. The van der Waals surface area contributed by atoms with Gasteiger partial charge in [0.05, 0.1) is 19.7 Å². The molecule has 0 aliphatic rings. The predicted molar refractivity (Wildman–Crippen MR) is 89.6 cm³/mol. The van der Waals surface area contributed by atoms with E-state index in [9.17, 15) is 27.9 Å². The van der Waals surface area contributed by atoms with Gasteiger partial charge in [-0.1, -0.05) is 0 Å². The van der Waals surface area contributed by atoms with E-state index in [0.29, 0.717) is 0 Å². The van der Waals surface area contributed by atoms with E-state index < -0.39 is 42.2 Å². The minimum Gasteiger partial charge on any atom is -0.493 e. The number of aromatic nitrogens is 2. The molecule has 0 aliphatic heterocycles. The Labute approximate surface area is 156 Å². The molecule has 28 heavy (non-hydrogen) atoms. The second kappa shape index (κ2) is 8.15. The van der Waals surface area contributed by atoms with Gasteiger partial charge in [0, 0.05) is 17.9 Å². The number of nitrogens with zero attached hydrogens (tertiary/aromatic N) is 2. The first-order chi connectivity index (χ1) is 13.1. The van der Waals surface area contributed by atoms with E-state index in [-0.39, 0.29) is 28.8 Å². The molecule has 152 valence electrons. The zero-order chi connectivity index (χ0) is 21.1. The van der Waals surface area contributed by atoms with Gasteiger partial charge in [-0.2, -0.15) is 13.2 Å². The highest BCUT2D eigenvalue weighted by Gasteiger charge is 2.36. The molecule has 0 aliphatic carbocycles. The number of anilines is 1. The van der Waals surface area contributed by atoms with Crippen LogP contribution in [0.4, 0.5) is 19.0 Å². The van der Waals surface area contributed by atoms with Crippen molar-refractivity contribution >= 4 is 28.7 Å². The number of hydrogen-bond donors (Lipinski definition) is 3. The lowest BCUT2D eigenvalue weighted by Gasteiger charge is -2.18. The van der Waals surface area contributed by atoms with E-state index >= 15 is 0 Å². The van der Waals surface area contributed by atoms with Gasteiger partial charge in [-0.05, 0) is 12.5 Å². The van der Waals surface area contributed by atoms with E-state index in [1.165, 1.54) is 26.4 Å². The highest BCUT2D eigenvalue weighted by molar-refractivity contribution is 5.93. The van der Waals surface area contributed by atoms with Gasteiger partial charge >= 0.3 is 18.1 Å². The van der Waals surface area contributed by atoms with E-state index in [0.717, 1.165) is 0 Å². The van der Waals surface area contributed by atoms with Gasteiger partial charge in [0.15, 0.2) is 11.5 Å². The van der Waals surface area contributed by atoms with Crippen LogP contribution in [-0.2, 0) is 15.8 Å². The summed E-state index contributed by atoms with van der Waals surface area (Å²) in [6, 6.07) is 1.01. The number of benzene rings is 1. The molecule has 12 heteroatoms. The van der Waals surface area contributed by atoms with Gasteiger partial charge in [-0.25, -0.2) is 14.8 Å². The lowest BCUT2D eigenvalue weighted by Crippen LogP contribution is -2.31. The second-order valence-corrected chi connectivity index (χ2v) is 5.59. The summed E-state index contributed by atoms with van der Waals surface area (Å²) in [5.41, 5.74) is -0.162. The van der Waals surface area contributed by atoms with Gasteiger partial charge < -0.3 is 25.0 Å². The second-order valence-electron chi connectivity index (χ2n) is 5.59. The van der Waals surface area contributed by atoms with E-state index in [2.05, 4.69) is 15.3 Å². The average molecular weight is 403 g/mol. The minimum atomic E-state index is -4.89. The molecule has 1 aromatic heterocycles. The van der Waals surface area contributed by atoms with Crippen LogP contribution in [0.1, 0.15) is 18.7 Å². The molecule has 0 spiro atoms. The third-order valence-corrected chi connectivity index (χ3v) is 3.71. The number of alkyl halides is 3. The molecule has 0 saturated carbocycles. The number of rotatable bonds is 8. The van der Waals surface area contributed by atoms with Gasteiger partial charge in [0.2, 0.25) is 5.82 Å². The van der Waals surface area contributed by atoms with Crippen molar-refractivity contribution in [1.82, 2.24) is 9.97 Å². The number of carbonyl (C=O) groups is 2. The fraction of sp³-hybridized carbons (Fsp3) is 0.375. The maximum atomic E-state index is 13.2. The molecule has 1 aromatic carbocycles. The molecule has 1 atom stereocenters. The molecule has 0 saturated heterocycles. The first-order valence-corrected chi connectivity index (χ1v) is 7.79. The average Bonchev–Trinajstić information content (AvgIpc) is 2.62. The molecule has 0 amide bonds. The molecule has 0 bridgehead atoms. The van der Waals surface area contributed by atoms with Crippen molar-refractivity contribution < 1.29 is 42.4 Å². The summed E-state index contributed by atoms with van der Waals surface area (Å²) in [5.74, 6) is -4.31. The Kier molecular flexibility index (Phi) is 6.11. The minimum absolute atomic E-state index is 0.0484. The van der Waals surface area contributed by atoms with Crippen LogP contribution in [0.3, 0.4) is 0 Å². The fourth-order valence-electron chi connectivity index (χ4n) is 2.38. The Hall–Kier alpha value is -3.31. The van der Waals surface area contributed by atoms with Crippen LogP contribution in [-0.4, -0.2) is 52.4 Å². The van der Waals surface area contributed by atoms with E-state index in [1.807, 2.05) is 0 Å². The fourth-order valence-corrected chi connectivity index (χ4v) is 2.38. The SMILES string of the molecule is COc1cc2nc(C(F)(F)F)nc(NC(CCC(=O)O)C(=O)O)c2cc1OC. The van der Waals surface area contributed by atoms with Crippen LogP contribution >= 0.6 is 0 Å². The molecule has 3 N–H and O–H groups in total. The Morgan fingerprint density at radius 2 is 1.75 bits per heavy atom. The summed E-state index contributed by atoms with van der Waals surface area (Å²) in [7, 11) is 2.61. The molecule has 0 radical (unpaired) electrons. The largest absolute Gasteiger partial charge is 0.493 e. The topological polar surface area (TPSA) is 131 Å². The number of hydrogen-bond acceptors (Lipinski definition) is 7. The highest BCUT2D eigenvalue weighted by Crippen LogP contribution is 2.36. The number of fused-ring (bicyclic) bond motifs is 1. The number of carboxylic acids is 2. The van der Waals surface area contributed by atoms with Gasteiger partial charge in [-0.15, -0.1) is 0 Å². The van der Waals surface area contributed by atoms with Crippen LogP contribution in [0.2, 0.25) is 0 Å². The van der Waals surface area contributed by atoms with Crippen molar-refractivity contribution in [3.05, 3.63) is 18.0 Å². The normalized spacial score (nSPS) is 12.5. The summed E-state index contributed by atoms with van der Waals surface area (Å²) in [5, 5.41) is 20.4. The number of nitrogens with one attached hydrogen (secondary N) is 1. The monoisotopic (exact) mass is 403 g/mol. The van der Waals surface area contributed by atoms with Crippen LogP contribution in [0.15, 0.2) is 12.1 Å². The molecular weight excluding hydrogens is 387 g/mol. The maximum absolute atomic E-state index is 13.2. The lowest BCUT2D eigenvalue weighted by atomic mass is 10.1. The molecule has 2 aromatic rings. The Bertz CT molecular complexity index is 903. The van der Waals surface area contributed by atoms with Crippen LogP contribution in [0.5, 0.6) is 11.5 Å². The molecule has 1 heterocycles. The quantitative estimate of drug-likeness (QED) is 0.608. The summed E-state index contributed by atoms with van der Waals surface area (Å²) in [6.07, 6.45) is -5.77. The van der Waals surface area contributed by atoms with Gasteiger partial charge in [0.1, 0.15) is 11.9 Å². The van der Waals surface area contributed by atoms with Crippen molar-refractivity contribution in [1.29, 1.82) is 0 Å². The summed E-state index contributed by atoms with van der Waals surface area (Å²) >= 11 is 0. The molecule has 9 nitrogen and oxygen atoms in total. The first-order valence-electron chi connectivity index (χ1n) is 7.79. The van der Waals surface area contributed by atoms with Crippen molar-refractivity contribution in [3.8, 4) is 11.5 Å². The first kappa shape index (κ1) is 21.0. The van der Waals surface area contributed by atoms with Crippen molar-refractivity contribution in [2.24, 2.45) is 0 Å². The smallest absolute Gasteiger partial charge is 0.451 e. The number of methoxy groups -OCH3 is 2. The highest BCUT2D eigenvalue weighted by atomic mass is 19.4. The molecule has 1 unspecified atom stereocenters. The van der Waals surface area contributed by atoms with E-state index in [1.54, 1.807) is 0 Å². The van der Waals surface area contributed by atoms with Crippen molar-refractivity contribution in [2.75, 3.05) is 19.5 Å². The summed E-state index contributed by atoms with van der Waals surface area (Å²) in [6.45, 7) is 0. The molecular formula is C16H16F3N3O6. The maximum Gasteiger partial charge on any atom is 0.451 e. The Balaban J connectivity index is 2.63. The van der Waals surface area contributed by atoms with E-state index in [4.69, 9.17) is 14.6 Å². The van der Waals surface area contributed by atoms with Crippen LogP contribution in [0, 0.1) is 0 Å². The Morgan fingerprint density at radius 1 is 1.14 bits per heavy atom. The third kappa shape index (κ3) is 4.69. The number of aliphatic carboxylic acids is 2. The summed E-state index contributed by atoms with van der Waals surface area (Å²) < 4.78 is 49.7.